The Hall–Kier alpha value is -2.22. The lowest BCUT2D eigenvalue weighted by Crippen LogP contribution is -2.60. The molecule has 1 unspecified atom stereocenters. The highest BCUT2D eigenvalue weighted by molar-refractivity contribution is 5.84. The molecule has 0 saturated heterocycles. The number of benzene rings is 1. The first-order valence-corrected chi connectivity index (χ1v) is 5.48. The number of carbonyl (C=O) groups excluding carboxylic acids is 2. The van der Waals surface area contributed by atoms with Gasteiger partial charge in [-0.25, -0.2) is 18.4 Å². The zero-order chi connectivity index (χ0) is 15.2. The van der Waals surface area contributed by atoms with Crippen LogP contribution < -0.4 is 5.32 Å². The molecule has 0 radical (unpaired) electrons. The second-order valence-corrected chi connectivity index (χ2v) is 3.75. The van der Waals surface area contributed by atoms with E-state index in [9.17, 15) is 23.5 Å². The van der Waals surface area contributed by atoms with Gasteiger partial charge in [-0.3, -0.25) is 5.32 Å². The van der Waals surface area contributed by atoms with Gasteiger partial charge in [0, 0.05) is 0 Å². The van der Waals surface area contributed by atoms with E-state index in [2.05, 4.69) is 9.47 Å². The fraction of sp³-hybridized carbons (Fsp3) is 0.333. The maximum Gasteiger partial charge on any atom is 0.410 e. The van der Waals surface area contributed by atoms with Gasteiger partial charge in [-0.2, -0.15) is 0 Å². The largest absolute Gasteiger partial charge is 0.465 e. The van der Waals surface area contributed by atoms with E-state index in [-0.39, 0.29) is 6.61 Å². The molecule has 0 bridgehead atoms. The maximum atomic E-state index is 12.6. The predicted molar refractivity (Wildman–Crippen MR) is 62.7 cm³/mol. The van der Waals surface area contributed by atoms with Gasteiger partial charge >= 0.3 is 17.8 Å². The van der Waals surface area contributed by atoms with Crippen LogP contribution in [0.2, 0.25) is 0 Å². The van der Waals surface area contributed by atoms with Gasteiger partial charge < -0.3 is 14.6 Å². The number of hydrogen-bond donors (Lipinski definition) is 2. The smallest absolute Gasteiger partial charge is 0.410 e. The highest BCUT2D eigenvalue weighted by Gasteiger charge is 2.49. The first-order chi connectivity index (χ1) is 9.40. The quantitative estimate of drug-likeness (QED) is 0.625. The Bertz CT molecular complexity index is 468. The molecular formula is C12H13F2NO5. The first-order valence-electron chi connectivity index (χ1n) is 5.48. The summed E-state index contributed by atoms with van der Waals surface area (Å²) < 4.78 is 33.9. The van der Waals surface area contributed by atoms with Gasteiger partial charge in [-0.15, -0.1) is 0 Å². The van der Waals surface area contributed by atoms with Crippen LogP contribution in [0.3, 0.4) is 0 Å². The minimum absolute atomic E-state index is 0.201. The predicted octanol–water partition coefficient (Wildman–Crippen LogP) is 1.04. The van der Waals surface area contributed by atoms with Gasteiger partial charge in [0.15, 0.2) is 0 Å². The number of hydrogen-bond acceptors (Lipinski definition) is 5. The Labute approximate surface area is 113 Å². The molecule has 1 aromatic rings. The molecule has 0 aliphatic heterocycles. The van der Waals surface area contributed by atoms with Crippen molar-refractivity contribution in [2.75, 3.05) is 7.11 Å². The molecule has 8 heteroatoms. The van der Waals surface area contributed by atoms with Gasteiger partial charge in [-0.05, 0) is 5.56 Å². The van der Waals surface area contributed by atoms with E-state index < -0.39 is 24.2 Å². The maximum absolute atomic E-state index is 12.6. The van der Waals surface area contributed by atoms with Gasteiger partial charge in [0.25, 0.3) is 6.43 Å². The summed E-state index contributed by atoms with van der Waals surface area (Å²) in [5, 5.41) is 10.8. The third-order valence-electron chi connectivity index (χ3n) is 2.32. The van der Waals surface area contributed by atoms with Crippen LogP contribution in [0.15, 0.2) is 30.3 Å². The molecule has 2 N–H and O–H groups in total. The number of rotatable bonds is 5. The van der Waals surface area contributed by atoms with Crippen LogP contribution in [0, 0.1) is 0 Å². The van der Waals surface area contributed by atoms with Crippen LogP contribution in [-0.2, 0) is 20.9 Å². The van der Waals surface area contributed by atoms with Crippen LogP contribution in [0.1, 0.15) is 5.56 Å². The number of amides is 1. The third kappa shape index (κ3) is 3.89. The minimum Gasteiger partial charge on any atom is -0.465 e. The molecule has 0 aromatic heterocycles. The molecule has 0 aliphatic carbocycles. The van der Waals surface area contributed by atoms with E-state index >= 15 is 0 Å². The molecule has 0 heterocycles. The summed E-state index contributed by atoms with van der Waals surface area (Å²) in [6.45, 7) is -0.201. The SMILES string of the molecule is COC(=O)C(O)(NC(=O)OCc1ccccc1)C(F)F. The monoisotopic (exact) mass is 289 g/mol. The van der Waals surface area contributed by atoms with Crippen molar-refractivity contribution in [3.05, 3.63) is 35.9 Å². The topological polar surface area (TPSA) is 84.9 Å². The molecule has 1 amide bonds. The van der Waals surface area contributed by atoms with E-state index in [1.165, 1.54) is 5.32 Å². The Balaban J connectivity index is 2.61. The molecule has 0 aliphatic rings. The fourth-order valence-corrected chi connectivity index (χ4v) is 1.27. The first kappa shape index (κ1) is 15.8. The number of aliphatic hydroxyl groups is 1. The normalized spacial score (nSPS) is 13.4. The summed E-state index contributed by atoms with van der Waals surface area (Å²) in [6, 6.07) is 8.43. The number of alkyl carbamates (subject to hydrolysis) is 1. The molecule has 110 valence electrons. The molecule has 0 fully saturated rings. The molecule has 0 spiro atoms. The number of carbonyl (C=O) groups is 2. The zero-order valence-corrected chi connectivity index (χ0v) is 10.5. The van der Waals surface area contributed by atoms with E-state index in [0.29, 0.717) is 5.56 Å². The zero-order valence-electron chi connectivity index (χ0n) is 10.5. The molecular weight excluding hydrogens is 276 g/mol. The van der Waals surface area contributed by atoms with Crippen molar-refractivity contribution in [1.82, 2.24) is 5.32 Å². The molecule has 1 atom stereocenters. The Morgan fingerprint density at radius 3 is 2.45 bits per heavy atom. The summed E-state index contributed by atoms with van der Waals surface area (Å²) in [7, 11) is 0.798. The lowest BCUT2D eigenvalue weighted by molar-refractivity contribution is -0.185. The lowest BCUT2D eigenvalue weighted by atomic mass is 10.2. The number of esters is 1. The van der Waals surface area contributed by atoms with E-state index in [0.717, 1.165) is 7.11 Å². The Morgan fingerprint density at radius 2 is 1.95 bits per heavy atom. The van der Waals surface area contributed by atoms with Gasteiger partial charge in [0.05, 0.1) is 7.11 Å². The van der Waals surface area contributed by atoms with E-state index in [1.54, 1.807) is 30.3 Å². The Kier molecular flexibility index (Phi) is 5.39. The average Bonchev–Trinajstić information content (AvgIpc) is 2.45. The van der Waals surface area contributed by atoms with Crippen LogP contribution in [-0.4, -0.2) is 36.4 Å². The third-order valence-corrected chi connectivity index (χ3v) is 2.32. The number of alkyl halides is 2. The van der Waals surface area contributed by atoms with Crippen molar-refractivity contribution in [3.8, 4) is 0 Å². The van der Waals surface area contributed by atoms with Gasteiger partial charge in [0.2, 0.25) is 0 Å². The highest BCUT2D eigenvalue weighted by Crippen LogP contribution is 2.15. The number of halogens is 2. The van der Waals surface area contributed by atoms with Gasteiger partial charge in [0.1, 0.15) is 6.61 Å². The summed E-state index contributed by atoms with van der Waals surface area (Å²) in [5.41, 5.74) is -2.83. The van der Waals surface area contributed by atoms with Crippen LogP contribution in [0.5, 0.6) is 0 Å². The highest BCUT2D eigenvalue weighted by atomic mass is 19.3. The van der Waals surface area contributed by atoms with E-state index in [4.69, 9.17) is 0 Å². The van der Waals surface area contributed by atoms with Crippen molar-refractivity contribution in [2.24, 2.45) is 0 Å². The van der Waals surface area contributed by atoms with Crippen molar-refractivity contribution in [2.45, 2.75) is 18.8 Å². The summed E-state index contributed by atoms with van der Waals surface area (Å²) >= 11 is 0. The Morgan fingerprint density at radius 1 is 1.35 bits per heavy atom. The fourth-order valence-electron chi connectivity index (χ4n) is 1.27. The summed E-state index contributed by atoms with van der Waals surface area (Å²) in [4.78, 5) is 22.4. The van der Waals surface area contributed by atoms with Crippen LogP contribution in [0.4, 0.5) is 13.6 Å². The van der Waals surface area contributed by atoms with Crippen molar-refractivity contribution >= 4 is 12.1 Å². The summed E-state index contributed by atoms with van der Waals surface area (Å²) in [6.07, 6.45) is -4.94. The molecule has 20 heavy (non-hydrogen) atoms. The molecule has 0 saturated carbocycles. The lowest BCUT2D eigenvalue weighted by Gasteiger charge is -2.24. The summed E-state index contributed by atoms with van der Waals surface area (Å²) in [5.74, 6) is -1.69. The number of nitrogens with one attached hydrogen (secondary N) is 1. The number of methoxy groups -OCH3 is 1. The average molecular weight is 289 g/mol. The molecule has 1 rings (SSSR count). The second-order valence-electron chi connectivity index (χ2n) is 3.75. The van der Waals surface area contributed by atoms with Gasteiger partial charge in [-0.1, -0.05) is 30.3 Å². The van der Waals surface area contributed by atoms with Crippen molar-refractivity contribution < 1.29 is 33.0 Å². The van der Waals surface area contributed by atoms with Crippen molar-refractivity contribution in [3.63, 3.8) is 0 Å². The second kappa shape index (κ2) is 6.80. The van der Waals surface area contributed by atoms with E-state index in [1.807, 2.05) is 0 Å². The minimum atomic E-state index is -3.57. The van der Waals surface area contributed by atoms with Crippen LogP contribution in [0.25, 0.3) is 0 Å². The molecule has 1 aromatic carbocycles. The van der Waals surface area contributed by atoms with Crippen LogP contribution >= 0.6 is 0 Å². The standard InChI is InChI=1S/C12H13F2NO5/c1-19-10(16)12(18,9(13)14)15-11(17)20-7-8-5-3-2-4-6-8/h2-6,9,18H,7H2,1H3,(H,15,17). The van der Waals surface area contributed by atoms with Crippen molar-refractivity contribution in [1.29, 1.82) is 0 Å². The molecule has 6 nitrogen and oxygen atoms in total. The number of ether oxygens (including phenoxy) is 2.